The molecule has 3 heteroatoms. The van der Waals surface area contributed by atoms with Gasteiger partial charge in [-0.3, -0.25) is 0 Å². The Morgan fingerprint density at radius 2 is 0.913 bits per heavy atom. The van der Waals surface area contributed by atoms with Gasteiger partial charge in [-0.05, 0) is 62.2 Å². The van der Waals surface area contributed by atoms with Crippen molar-refractivity contribution < 1.29 is 0 Å². The van der Waals surface area contributed by atoms with E-state index in [-0.39, 0.29) is 0 Å². The Morgan fingerprint density at radius 3 is 1.43 bits per heavy atom. The first kappa shape index (κ1) is 27.6. The fourth-order valence-corrected chi connectivity index (χ4v) is 12.2. The van der Waals surface area contributed by atoms with Gasteiger partial charge in [0.05, 0.1) is 22.7 Å². The van der Waals surface area contributed by atoms with Gasteiger partial charge in [0.15, 0.2) is 8.07 Å². The molecule has 0 aliphatic rings. The number of para-hydroxylation sites is 2. The van der Waals surface area contributed by atoms with Crippen LogP contribution in [0.1, 0.15) is 5.56 Å². The minimum Gasteiger partial charge on any atom is -0.309 e. The third-order valence-electron chi connectivity index (χ3n) is 9.15. The largest absolute Gasteiger partial charge is 0.309 e. The molecule has 2 nitrogen and oxygen atoms in total. The van der Waals surface area contributed by atoms with Crippen molar-refractivity contribution in [3.8, 4) is 22.9 Å². The van der Waals surface area contributed by atoms with Crippen LogP contribution in [0.5, 0.6) is 0 Å². The van der Waals surface area contributed by atoms with Gasteiger partial charge in [0.25, 0.3) is 0 Å². The molecule has 8 aromatic rings. The molecular formula is C43H30N2Si. The molecule has 0 bridgehead atoms. The van der Waals surface area contributed by atoms with E-state index in [9.17, 15) is 5.26 Å². The van der Waals surface area contributed by atoms with E-state index in [1.54, 1.807) is 0 Å². The summed E-state index contributed by atoms with van der Waals surface area (Å²) >= 11 is 0. The summed E-state index contributed by atoms with van der Waals surface area (Å²) in [6.07, 6.45) is 0. The van der Waals surface area contributed by atoms with Gasteiger partial charge >= 0.3 is 0 Å². The fraction of sp³-hybridized carbons (Fsp3) is 0. The highest BCUT2D eigenvalue weighted by molar-refractivity contribution is 7.20. The molecule has 8 rings (SSSR count). The highest BCUT2D eigenvalue weighted by Gasteiger charge is 2.42. The second-order valence-corrected chi connectivity index (χ2v) is 15.4. The van der Waals surface area contributed by atoms with Crippen LogP contribution in [-0.4, -0.2) is 12.6 Å². The van der Waals surface area contributed by atoms with Crippen LogP contribution in [0.15, 0.2) is 182 Å². The number of nitriles is 1. The summed E-state index contributed by atoms with van der Waals surface area (Å²) in [4.78, 5) is 0. The molecule has 0 amide bonds. The lowest BCUT2D eigenvalue weighted by molar-refractivity contribution is 1.18. The quantitative estimate of drug-likeness (QED) is 0.142. The van der Waals surface area contributed by atoms with Crippen LogP contribution in [0.3, 0.4) is 0 Å². The number of rotatable bonds is 6. The number of aromatic nitrogens is 1. The molecule has 0 fully saturated rings. The maximum absolute atomic E-state index is 10.4. The van der Waals surface area contributed by atoms with Gasteiger partial charge in [0.1, 0.15) is 0 Å². The van der Waals surface area contributed by atoms with Crippen LogP contribution in [-0.2, 0) is 0 Å². The van der Waals surface area contributed by atoms with Gasteiger partial charge in [0, 0.05) is 16.5 Å². The Hall–Kier alpha value is -5.95. The summed E-state index contributed by atoms with van der Waals surface area (Å²) in [6, 6.07) is 67.7. The maximum Gasteiger partial charge on any atom is 0.180 e. The van der Waals surface area contributed by atoms with E-state index >= 15 is 0 Å². The molecular weight excluding hydrogens is 573 g/mol. The van der Waals surface area contributed by atoms with E-state index in [0.29, 0.717) is 5.56 Å². The second kappa shape index (κ2) is 11.5. The van der Waals surface area contributed by atoms with Gasteiger partial charge in [0.2, 0.25) is 0 Å². The minimum absolute atomic E-state index is 0.635. The van der Waals surface area contributed by atoms with E-state index in [2.05, 4.69) is 187 Å². The van der Waals surface area contributed by atoms with Crippen molar-refractivity contribution in [3.63, 3.8) is 0 Å². The van der Waals surface area contributed by atoms with Gasteiger partial charge in [-0.15, -0.1) is 0 Å². The van der Waals surface area contributed by atoms with E-state index in [4.69, 9.17) is 0 Å². The van der Waals surface area contributed by atoms with Crippen molar-refractivity contribution in [2.24, 2.45) is 0 Å². The SMILES string of the molecule is N#Cc1cc(-c2ccccc2[Si](c2ccccc2)(c2ccccc2)c2ccccc2)cc(-n2c3ccccc3c3ccccc32)c1. The number of hydrogen-bond acceptors (Lipinski definition) is 1. The number of benzene rings is 7. The number of nitrogens with zero attached hydrogens (tertiary/aromatic N) is 2. The average Bonchev–Trinajstić information content (AvgIpc) is 3.48. The summed E-state index contributed by atoms with van der Waals surface area (Å²) in [5.41, 5.74) is 6.04. The lowest BCUT2D eigenvalue weighted by atomic mass is 10.0. The van der Waals surface area contributed by atoms with Crippen LogP contribution in [0.4, 0.5) is 0 Å². The van der Waals surface area contributed by atoms with Crippen LogP contribution in [0, 0.1) is 11.3 Å². The molecule has 0 unspecified atom stereocenters. The molecule has 7 aromatic carbocycles. The third kappa shape index (κ3) is 4.39. The smallest absolute Gasteiger partial charge is 0.180 e. The van der Waals surface area contributed by atoms with Gasteiger partial charge in [-0.25, -0.2) is 0 Å². The fourth-order valence-electron chi connectivity index (χ4n) is 7.25. The van der Waals surface area contributed by atoms with E-state index in [0.717, 1.165) is 27.8 Å². The van der Waals surface area contributed by atoms with Crippen molar-refractivity contribution in [3.05, 3.63) is 188 Å². The average molecular weight is 603 g/mol. The standard InChI is InChI=1S/C43H30N2Si/c44-31-32-28-33(30-34(29-32)45-41-25-13-10-23-39(41)40-24-11-14-26-42(40)45)38-22-12-15-27-43(38)46(35-16-4-1-5-17-35,36-18-6-2-7-19-36)37-20-8-3-9-21-37/h1-30H. The van der Waals surface area contributed by atoms with Crippen molar-refractivity contribution in [2.45, 2.75) is 0 Å². The Balaban J connectivity index is 1.46. The van der Waals surface area contributed by atoms with Gasteiger partial charge in [-0.2, -0.15) is 5.26 Å². The zero-order chi connectivity index (χ0) is 30.9. The summed E-state index contributed by atoms with van der Waals surface area (Å²) in [5, 5.41) is 18.0. The first-order valence-electron chi connectivity index (χ1n) is 15.6. The van der Waals surface area contributed by atoms with E-state index in [1.165, 1.54) is 31.5 Å². The van der Waals surface area contributed by atoms with Crippen LogP contribution >= 0.6 is 0 Å². The van der Waals surface area contributed by atoms with E-state index in [1.807, 2.05) is 6.07 Å². The zero-order valence-corrected chi connectivity index (χ0v) is 26.2. The third-order valence-corrected chi connectivity index (χ3v) is 14.0. The van der Waals surface area contributed by atoms with Gasteiger partial charge in [-0.1, -0.05) is 152 Å². The molecule has 216 valence electrons. The van der Waals surface area contributed by atoms with Crippen molar-refractivity contribution in [1.82, 2.24) is 4.57 Å². The molecule has 46 heavy (non-hydrogen) atoms. The Morgan fingerprint density at radius 1 is 0.457 bits per heavy atom. The predicted octanol–water partition coefficient (Wildman–Crippen LogP) is 7.70. The van der Waals surface area contributed by atoms with Crippen LogP contribution in [0.2, 0.25) is 0 Å². The first-order valence-corrected chi connectivity index (χ1v) is 17.6. The zero-order valence-electron chi connectivity index (χ0n) is 25.2. The van der Waals surface area contributed by atoms with Gasteiger partial charge < -0.3 is 4.57 Å². The summed E-state index contributed by atoms with van der Waals surface area (Å²) in [5.74, 6) is 0. The Labute approximate surface area is 270 Å². The highest BCUT2D eigenvalue weighted by Crippen LogP contribution is 2.34. The molecule has 0 aliphatic heterocycles. The molecule has 0 saturated carbocycles. The topological polar surface area (TPSA) is 28.7 Å². The Kier molecular flexibility index (Phi) is 6.91. The molecule has 1 heterocycles. The number of hydrogen-bond donors (Lipinski definition) is 0. The monoisotopic (exact) mass is 602 g/mol. The summed E-state index contributed by atoms with van der Waals surface area (Å²) < 4.78 is 2.30. The molecule has 0 saturated heterocycles. The van der Waals surface area contributed by atoms with E-state index < -0.39 is 8.07 Å². The van der Waals surface area contributed by atoms with Crippen LogP contribution in [0.25, 0.3) is 38.6 Å². The first-order chi connectivity index (χ1) is 22.8. The lowest BCUT2D eigenvalue weighted by Gasteiger charge is -2.36. The predicted molar refractivity (Wildman–Crippen MR) is 195 cm³/mol. The lowest BCUT2D eigenvalue weighted by Crippen LogP contribution is -2.75. The van der Waals surface area contributed by atoms with Crippen molar-refractivity contribution >= 4 is 50.6 Å². The molecule has 0 N–H and O–H groups in total. The van der Waals surface area contributed by atoms with Crippen molar-refractivity contribution in [2.75, 3.05) is 0 Å². The molecule has 0 atom stereocenters. The molecule has 0 radical (unpaired) electrons. The molecule has 0 spiro atoms. The van der Waals surface area contributed by atoms with Crippen molar-refractivity contribution in [1.29, 1.82) is 5.26 Å². The number of fused-ring (bicyclic) bond motifs is 3. The minimum atomic E-state index is -2.82. The summed E-state index contributed by atoms with van der Waals surface area (Å²) in [6.45, 7) is 0. The summed E-state index contributed by atoms with van der Waals surface area (Å²) in [7, 11) is -2.82. The highest BCUT2D eigenvalue weighted by atomic mass is 28.3. The van der Waals surface area contributed by atoms with Crippen LogP contribution < -0.4 is 20.7 Å². The normalized spacial score (nSPS) is 11.5. The molecule has 1 aromatic heterocycles. The Bertz CT molecular complexity index is 2220. The maximum atomic E-state index is 10.4. The second-order valence-electron chi connectivity index (χ2n) is 11.6. The molecule has 0 aliphatic carbocycles.